The quantitative estimate of drug-likeness (QED) is 0.751. The highest BCUT2D eigenvalue weighted by atomic mass is 32.2. The zero-order chi connectivity index (χ0) is 14.5. The Labute approximate surface area is 113 Å². The summed E-state index contributed by atoms with van der Waals surface area (Å²) < 4.78 is 25.4. The fourth-order valence-corrected chi connectivity index (χ4v) is 2.52. The van der Waals surface area contributed by atoms with Gasteiger partial charge in [0.25, 0.3) is 0 Å². The van der Waals surface area contributed by atoms with Crippen LogP contribution in [0.25, 0.3) is 0 Å². The molecule has 0 aromatic heterocycles. The minimum Gasteiger partial charge on any atom is -0.481 e. The van der Waals surface area contributed by atoms with Crippen LogP contribution >= 0.6 is 0 Å². The molecule has 0 saturated heterocycles. The van der Waals surface area contributed by atoms with Crippen molar-refractivity contribution in [3.05, 3.63) is 42.5 Å². The van der Waals surface area contributed by atoms with Crippen LogP contribution in [0.15, 0.2) is 36.9 Å². The largest absolute Gasteiger partial charge is 0.481 e. The predicted molar refractivity (Wildman–Crippen MR) is 74.7 cm³/mol. The second-order valence-corrected chi connectivity index (χ2v) is 6.06. The van der Waals surface area contributed by atoms with Crippen LogP contribution in [0.4, 0.5) is 5.69 Å². The lowest BCUT2D eigenvalue weighted by Gasteiger charge is -2.11. The van der Waals surface area contributed by atoms with E-state index in [9.17, 15) is 13.2 Å². The molecule has 1 aromatic carbocycles. The SMILES string of the molecule is C=CCS(=O)(=O)Nc1ccc(C(C)CC(=O)O)cc1. The topological polar surface area (TPSA) is 83.5 Å². The molecule has 6 heteroatoms. The van der Waals surface area contributed by atoms with Gasteiger partial charge < -0.3 is 5.11 Å². The van der Waals surface area contributed by atoms with Gasteiger partial charge in [0.1, 0.15) is 0 Å². The molecule has 0 radical (unpaired) electrons. The Morgan fingerprint density at radius 2 is 2.00 bits per heavy atom. The standard InChI is InChI=1S/C13H17NO4S/c1-3-8-19(17,18)14-12-6-4-11(5-7-12)10(2)9-13(15)16/h3-7,10,14H,1,8-9H2,2H3,(H,15,16). The third-order valence-electron chi connectivity index (χ3n) is 2.57. The molecule has 0 saturated carbocycles. The van der Waals surface area contributed by atoms with Gasteiger partial charge in [0, 0.05) is 5.69 Å². The maximum atomic E-state index is 11.5. The van der Waals surface area contributed by atoms with Crippen LogP contribution in [-0.4, -0.2) is 25.2 Å². The molecule has 1 rings (SSSR count). The van der Waals surface area contributed by atoms with E-state index >= 15 is 0 Å². The second-order valence-electron chi connectivity index (χ2n) is 4.29. The molecule has 0 aliphatic rings. The Kier molecular flexibility index (Phi) is 5.11. The van der Waals surface area contributed by atoms with Crippen molar-refractivity contribution in [2.75, 3.05) is 10.5 Å². The highest BCUT2D eigenvalue weighted by Crippen LogP contribution is 2.21. The van der Waals surface area contributed by atoms with E-state index in [2.05, 4.69) is 11.3 Å². The molecule has 1 unspecified atom stereocenters. The molecule has 0 aliphatic heterocycles. The zero-order valence-electron chi connectivity index (χ0n) is 10.7. The van der Waals surface area contributed by atoms with Crippen LogP contribution in [-0.2, 0) is 14.8 Å². The summed E-state index contributed by atoms with van der Waals surface area (Å²) >= 11 is 0. The number of carboxylic acid groups (broad SMARTS) is 1. The minimum absolute atomic E-state index is 0.0432. The highest BCUT2D eigenvalue weighted by Gasteiger charge is 2.11. The first kappa shape index (κ1) is 15.2. The van der Waals surface area contributed by atoms with E-state index in [1.165, 1.54) is 6.08 Å². The lowest BCUT2D eigenvalue weighted by molar-refractivity contribution is -0.137. The third kappa shape index (κ3) is 5.13. The van der Waals surface area contributed by atoms with Crippen molar-refractivity contribution in [1.29, 1.82) is 0 Å². The van der Waals surface area contributed by atoms with E-state index in [0.717, 1.165) is 5.56 Å². The average Bonchev–Trinajstić information content (AvgIpc) is 2.28. The maximum absolute atomic E-state index is 11.5. The van der Waals surface area contributed by atoms with Crippen molar-refractivity contribution in [3.63, 3.8) is 0 Å². The van der Waals surface area contributed by atoms with Gasteiger partial charge in [-0.3, -0.25) is 9.52 Å². The average molecular weight is 283 g/mol. The van der Waals surface area contributed by atoms with Gasteiger partial charge in [-0.05, 0) is 23.6 Å². The number of hydrogen-bond acceptors (Lipinski definition) is 3. The molecule has 19 heavy (non-hydrogen) atoms. The van der Waals surface area contributed by atoms with Crippen LogP contribution in [0, 0.1) is 0 Å². The lowest BCUT2D eigenvalue weighted by atomic mass is 9.98. The van der Waals surface area contributed by atoms with Crippen LogP contribution in [0.2, 0.25) is 0 Å². The van der Waals surface area contributed by atoms with Gasteiger partial charge in [0.05, 0.1) is 12.2 Å². The number of hydrogen-bond donors (Lipinski definition) is 2. The van der Waals surface area contributed by atoms with Gasteiger partial charge in [-0.2, -0.15) is 0 Å². The molecule has 1 atom stereocenters. The number of carbonyl (C=O) groups is 1. The number of nitrogens with one attached hydrogen (secondary N) is 1. The van der Waals surface area contributed by atoms with Gasteiger partial charge >= 0.3 is 5.97 Å². The molecule has 104 valence electrons. The summed E-state index contributed by atoms with van der Waals surface area (Å²) in [5.41, 5.74) is 1.31. The van der Waals surface area contributed by atoms with Crippen molar-refractivity contribution in [2.45, 2.75) is 19.3 Å². The number of rotatable bonds is 7. The van der Waals surface area contributed by atoms with Gasteiger partial charge in [-0.15, -0.1) is 6.58 Å². The normalized spacial score (nSPS) is 12.7. The number of benzene rings is 1. The summed E-state index contributed by atoms with van der Waals surface area (Å²) in [5.74, 6) is -1.12. The smallest absolute Gasteiger partial charge is 0.303 e. The highest BCUT2D eigenvalue weighted by molar-refractivity contribution is 7.92. The molecular weight excluding hydrogens is 266 g/mol. The van der Waals surface area contributed by atoms with Gasteiger partial charge in [-0.1, -0.05) is 25.1 Å². The summed E-state index contributed by atoms with van der Waals surface area (Å²) in [4.78, 5) is 10.6. The van der Waals surface area contributed by atoms with E-state index in [0.29, 0.717) is 5.69 Å². The van der Waals surface area contributed by atoms with Gasteiger partial charge in [0.2, 0.25) is 10.0 Å². The predicted octanol–water partition coefficient (Wildman–Crippen LogP) is 2.19. The molecule has 1 aromatic rings. The minimum atomic E-state index is -3.40. The number of anilines is 1. The molecule has 0 heterocycles. The lowest BCUT2D eigenvalue weighted by Crippen LogP contribution is -2.15. The molecule has 2 N–H and O–H groups in total. The summed E-state index contributed by atoms with van der Waals surface area (Å²) in [6, 6.07) is 6.68. The first-order valence-corrected chi connectivity index (χ1v) is 7.42. The molecule has 0 amide bonds. The molecule has 0 bridgehead atoms. The Morgan fingerprint density at radius 3 is 2.47 bits per heavy atom. The molecule has 0 spiro atoms. The van der Waals surface area contributed by atoms with Crippen molar-refractivity contribution in [1.82, 2.24) is 0 Å². The molecular formula is C13H17NO4S. The van der Waals surface area contributed by atoms with Gasteiger partial charge in [0.15, 0.2) is 0 Å². The first-order chi connectivity index (χ1) is 8.84. The number of aliphatic carboxylic acids is 1. The monoisotopic (exact) mass is 283 g/mol. The Hall–Kier alpha value is -1.82. The van der Waals surface area contributed by atoms with E-state index in [1.54, 1.807) is 24.3 Å². The summed E-state index contributed by atoms with van der Waals surface area (Å²) in [7, 11) is -3.40. The molecule has 5 nitrogen and oxygen atoms in total. The van der Waals surface area contributed by atoms with E-state index in [4.69, 9.17) is 5.11 Å². The summed E-state index contributed by atoms with van der Waals surface area (Å²) in [6.07, 6.45) is 1.35. The van der Waals surface area contributed by atoms with E-state index < -0.39 is 16.0 Å². The third-order valence-corrected chi connectivity index (χ3v) is 3.79. The van der Waals surface area contributed by atoms with Crippen LogP contribution < -0.4 is 4.72 Å². The Morgan fingerprint density at radius 1 is 1.42 bits per heavy atom. The van der Waals surface area contributed by atoms with Crippen molar-refractivity contribution >= 4 is 21.7 Å². The fourth-order valence-electron chi connectivity index (χ4n) is 1.64. The van der Waals surface area contributed by atoms with Gasteiger partial charge in [-0.25, -0.2) is 8.42 Å². The maximum Gasteiger partial charge on any atom is 0.303 e. The van der Waals surface area contributed by atoms with Crippen LogP contribution in [0.1, 0.15) is 24.8 Å². The van der Waals surface area contributed by atoms with E-state index in [-0.39, 0.29) is 18.1 Å². The van der Waals surface area contributed by atoms with E-state index in [1.807, 2.05) is 6.92 Å². The first-order valence-electron chi connectivity index (χ1n) is 5.77. The summed E-state index contributed by atoms with van der Waals surface area (Å²) in [6.45, 7) is 5.19. The Balaban J connectivity index is 2.77. The second kappa shape index (κ2) is 6.38. The summed E-state index contributed by atoms with van der Waals surface area (Å²) in [5, 5.41) is 8.71. The van der Waals surface area contributed by atoms with Crippen molar-refractivity contribution in [2.24, 2.45) is 0 Å². The Bertz CT molecular complexity index is 549. The van der Waals surface area contributed by atoms with Crippen LogP contribution in [0.3, 0.4) is 0 Å². The number of sulfonamides is 1. The zero-order valence-corrected chi connectivity index (χ0v) is 11.5. The van der Waals surface area contributed by atoms with Crippen molar-refractivity contribution < 1.29 is 18.3 Å². The fraction of sp³-hybridized carbons (Fsp3) is 0.308. The van der Waals surface area contributed by atoms with Crippen LogP contribution in [0.5, 0.6) is 0 Å². The molecule has 0 aliphatic carbocycles. The molecule has 0 fully saturated rings. The van der Waals surface area contributed by atoms with Crippen molar-refractivity contribution in [3.8, 4) is 0 Å². The number of carboxylic acids is 1.